The lowest BCUT2D eigenvalue weighted by molar-refractivity contribution is -0.148. The minimum Gasteiger partial charge on any atom is -0.469 e. The highest BCUT2D eigenvalue weighted by Crippen LogP contribution is 2.43. The number of hydrogen-bond donors (Lipinski definition) is 0. The van der Waals surface area contributed by atoms with Crippen LogP contribution in [-0.4, -0.2) is 75.4 Å². The third kappa shape index (κ3) is 6.24. The second-order valence-corrected chi connectivity index (χ2v) is 13.8. The second-order valence-electron chi connectivity index (χ2n) is 13.8. The Bertz CT molecular complexity index is 1880. The number of ether oxygens (including phenoxy) is 3. The molecule has 1 saturated heterocycles. The molecule has 3 aliphatic rings. The predicted molar refractivity (Wildman–Crippen MR) is 173 cm³/mol. The molecule has 2 fully saturated rings. The molecule has 2 aliphatic heterocycles. The first-order valence-electron chi connectivity index (χ1n) is 16.3. The van der Waals surface area contributed by atoms with E-state index in [0.29, 0.717) is 47.0 Å². The van der Waals surface area contributed by atoms with Crippen molar-refractivity contribution in [3.05, 3.63) is 66.0 Å². The SMILES string of the molecule is COC(=O)C1C2CC[C@@H]1CN(c1ncc(-c3cc4c(cc3F)nc3n4C(c4ccccc4OC(F)F)CN(C(=O)OC(C)(C)C)C3)cn1)C2. The van der Waals surface area contributed by atoms with Gasteiger partial charge in [-0.05, 0) is 57.6 Å². The lowest BCUT2D eigenvalue weighted by atomic mass is 9.85. The molecule has 3 unspecified atom stereocenters. The van der Waals surface area contributed by atoms with E-state index >= 15 is 4.39 Å². The Morgan fingerprint density at radius 3 is 2.35 bits per heavy atom. The number of halogens is 3. The fourth-order valence-electron chi connectivity index (χ4n) is 7.56. The van der Waals surface area contributed by atoms with Gasteiger partial charge < -0.3 is 23.7 Å². The van der Waals surface area contributed by atoms with Crippen LogP contribution in [0.15, 0.2) is 48.8 Å². The van der Waals surface area contributed by atoms with Crippen LogP contribution in [0.3, 0.4) is 0 Å². The number of rotatable bonds is 6. The molecule has 4 heterocycles. The maximum atomic E-state index is 15.8. The van der Waals surface area contributed by atoms with E-state index in [-0.39, 0.29) is 48.1 Å². The number of alkyl halides is 2. The van der Waals surface area contributed by atoms with E-state index in [0.717, 1.165) is 12.8 Å². The van der Waals surface area contributed by atoms with Crippen LogP contribution in [0.25, 0.3) is 22.2 Å². The average Bonchev–Trinajstić information content (AvgIpc) is 3.55. The maximum Gasteiger partial charge on any atom is 0.410 e. The van der Waals surface area contributed by atoms with E-state index in [1.807, 2.05) is 4.57 Å². The summed E-state index contributed by atoms with van der Waals surface area (Å²) in [6.45, 7) is 3.59. The van der Waals surface area contributed by atoms with Crippen molar-refractivity contribution in [2.24, 2.45) is 17.8 Å². The van der Waals surface area contributed by atoms with Crippen LogP contribution in [0.1, 0.15) is 51.0 Å². The molecule has 1 amide bonds. The Balaban J connectivity index is 1.24. The van der Waals surface area contributed by atoms with Crippen molar-refractivity contribution in [1.82, 2.24) is 24.4 Å². The third-order valence-corrected chi connectivity index (χ3v) is 9.57. The summed E-state index contributed by atoms with van der Waals surface area (Å²) in [5.41, 5.74) is 1.18. The number of esters is 1. The molecule has 2 aromatic heterocycles. The Kier molecular flexibility index (Phi) is 8.35. The fraction of sp³-hybridized carbons (Fsp3) is 0.457. The van der Waals surface area contributed by atoms with E-state index < -0.39 is 30.2 Å². The molecule has 0 spiro atoms. The van der Waals surface area contributed by atoms with Crippen LogP contribution in [0.2, 0.25) is 0 Å². The normalized spacial score (nSPS) is 22.0. The third-order valence-electron chi connectivity index (χ3n) is 9.57. The van der Waals surface area contributed by atoms with Crippen molar-refractivity contribution in [1.29, 1.82) is 0 Å². The molecule has 11 nitrogen and oxygen atoms in total. The number of imidazole rings is 1. The number of piperidine rings is 1. The number of methoxy groups -OCH3 is 1. The van der Waals surface area contributed by atoms with Gasteiger partial charge in [0.25, 0.3) is 0 Å². The molecule has 2 aromatic carbocycles. The van der Waals surface area contributed by atoms with E-state index in [4.69, 9.17) is 14.2 Å². The average molecular weight is 679 g/mol. The van der Waals surface area contributed by atoms with Gasteiger partial charge in [-0.15, -0.1) is 0 Å². The zero-order valence-electron chi connectivity index (χ0n) is 27.6. The summed E-state index contributed by atoms with van der Waals surface area (Å²) >= 11 is 0. The molecule has 14 heteroatoms. The van der Waals surface area contributed by atoms with Gasteiger partial charge in [-0.25, -0.2) is 24.1 Å². The Morgan fingerprint density at radius 2 is 1.69 bits per heavy atom. The molecule has 4 aromatic rings. The van der Waals surface area contributed by atoms with E-state index in [2.05, 4.69) is 19.9 Å². The first kappa shape index (κ1) is 32.7. The fourth-order valence-corrected chi connectivity index (χ4v) is 7.56. The van der Waals surface area contributed by atoms with E-state index in [1.54, 1.807) is 57.4 Å². The van der Waals surface area contributed by atoms with Crippen LogP contribution in [-0.2, 0) is 20.8 Å². The molecule has 7 rings (SSSR count). The van der Waals surface area contributed by atoms with Gasteiger partial charge in [-0.1, -0.05) is 18.2 Å². The van der Waals surface area contributed by atoms with Gasteiger partial charge >= 0.3 is 18.7 Å². The number of hydrogen-bond acceptors (Lipinski definition) is 9. The number of fused-ring (bicyclic) bond motifs is 5. The molecule has 258 valence electrons. The highest BCUT2D eigenvalue weighted by molar-refractivity contribution is 5.84. The van der Waals surface area contributed by atoms with Crippen LogP contribution < -0.4 is 9.64 Å². The quantitative estimate of drug-likeness (QED) is 0.220. The van der Waals surface area contributed by atoms with Gasteiger partial charge in [0.1, 0.15) is 23.0 Å². The summed E-state index contributed by atoms with van der Waals surface area (Å²) in [6, 6.07) is 8.65. The largest absolute Gasteiger partial charge is 0.469 e. The van der Waals surface area contributed by atoms with Gasteiger partial charge in [0.05, 0.1) is 36.6 Å². The molecule has 0 radical (unpaired) electrons. The molecule has 2 bridgehead atoms. The number of aromatic nitrogens is 4. The highest BCUT2D eigenvalue weighted by Gasteiger charge is 2.47. The minimum absolute atomic E-state index is 0.0447. The predicted octanol–water partition coefficient (Wildman–Crippen LogP) is 6.21. The lowest BCUT2D eigenvalue weighted by Gasteiger charge is -2.36. The van der Waals surface area contributed by atoms with Crippen molar-refractivity contribution in [3.8, 4) is 16.9 Å². The molecule has 1 saturated carbocycles. The number of amides is 1. The molecule has 1 aliphatic carbocycles. The van der Waals surface area contributed by atoms with Crippen LogP contribution >= 0.6 is 0 Å². The summed E-state index contributed by atoms with van der Waals surface area (Å²) in [7, 11) is 1.42. The van der Waals surface area contributed by atoms with Gasteiger partial charge in [-0.2, -0.15) is 8.78 Å². The first-order chi connectivity index (χ1) is 23.4. The number of anilines is 1. The maximum absolute atomic E-state index is 15.8. The number of carbonyl (C=O) groups is 2. The number of para-hydroxylation sites is 1. The van der Waals surface area contributed by atoms with Crippen molar-refractivity contribution in [2.45, 2.75) is 58.4 Å². The summed E-state index contributed by atoms with van der Waals surface area (Å²) in [5, 5.41) is 0. The van der Waals surface area contributed by atoms with E-state index in [9.17, 15) is 18.4 Å². The van der Waals surface area contributed by atoms with Gasteiger partial charge in [0.15, 0.2) is 0 Å². The standard InChI is InChI=1S/C35H37F3N6O5/c1-35(2,3)49-34(46)43-17-27(22-7-5-6-8-28(22)48-32(37)38)44-26-11-23(24(36)12-25(26)41-29(44)18-43)21-13-39-33(40-14-21)42-15-19-9-10-20(16-42)30(19)31(45)47-4/h5-8,11-14,19-20,27,30,32H,9-10,15-18H2,1-4H3/t19-,20?,27?,30?/m1/s1. The summed E-state index contributed by atoms with van der Waals surface area (Å²) < 4.78 is 60.1. The highest BCUT2D eigenvalue weighted by atomic mass is 19.3. The van der Waals surface area contributed by atoms with Gasteiger partial charge in [-0.3, -0.25) is 9.69 Å². The Hall–Kier alpha value is -4.88. The van der Waals surface area contributed by atoms with Gasteiger partial charge in [0, 0.05) is 54.8 Å². The summed E-state index contributed by atoms with van der Waals surface area (Å²) in [4.78, 5) is 43.0. The number of nitrogens with zero attached hydrogens (tertiary/aromatic N) is 6. The summed E-state index contributed by atoms with van der Waals surface area (Å²) in [5.74, 6) is 0.394. The van der Waals surface area contributed by atoms with Crippen molar-refractivity contribution in [2.75, 3.05) is 31.6 Å². The van der Waals surface area contributed by atoms with Crippen LogP contribution in [0.5, 0.6) is 5.75 Å². The topological polar surface area (TPSA) is 112 Å². The molecule has 0 N–H and O–H groups in total. The molecule has 49 heavy (non-hydrogen) atoms. The molecular formula is C35H37F3N6O5. The smallest absolute Gasteiger partial charge is 0.410 e. The van der Waals surface area contributed by atoms with Crippen LogP contribution in [0.4, 0.5) is 23.9 Å². The van der Waals surface area contributed by atoms with E-state index in [1.165, 1.54) is 24.1 Å². The molecule has 4 atom stereocenters. The second kappa shape index (κ2) is 12.5. The summed E-state index contributed by atoms with van der Waals surface area (Å²) in [6.07, 6.45) is 4.43. The number of carbonyl (C=O) groups excluding carboxylic acids is 2. The number of benzene rings is 2. The van der Waals surface area contributed by atoms with Gasteiger partial charge in [0.2, 0.25) is 5.95 Å². The zero-order chi connectivity index (χ0) is 34.6. The Labute approximate surface area is 281 Å². The van der Waals surface area contributed by atoms with Crippen molar-refractivity contribution < 1.29 is 37.0 Å². The first-order valence-corrected chi connectivity index (χ1v) is 16.3. The van der Waals surface area contributed by atoms with Crippen molar-refractivity contribution >= 4 is 29.0 Å². The minimum atomic E-state index is -3.07. The molecular weight excluding hydrogens is 641 g/mol. The monoisotopic (exact) mass is 678 g/mol. The van der Waals surface area contributed by atoms with Crippen molar-refractivity contribution in [3.63, 3.8) is 0 Å². The Morgan fingerprint density at radius 1 is 1.00 bits per heavy atom. The lowest BCUT2D eigenvalue weighted by Crippen LogP contribution is -2.45. The van der Waals surface area contributed by atoms with Crippen LogP contribution in [0, 0.1) is 23.6 Å². The zero-order valence-corrected chi connectivity index (χ0v) is 27.6.